The first-order chi connectivity index (χ1) is 14.4. The fourth-order valence-electron chi connectivity index (χ4n) is 5.76. The quantitative estimate of drug-likeness (QED) is 0.423. The maximum Gasteiger partial charge on any atom is 0.205 e. The molecule has 1 aromatic rings. The molecule has 3 aliphatic carbocycles. The fourth-order valence-corrected chi connectivity index (χ4v) is 5.76. The van der Waals surface area contributed by atoms with Crippen LogP contribution in [-0.4, -0.2) is 44.7 Å². The number of aliphatic hydroxyl groups is 1. The van der Waals surface area contributed by atoms with Gasteiger partial charge in [-0.2, -0.15) is 0 Å². The number of aryl methyl sites for hydroxylation is 1. The molecule has 4 rings (SSSR count). The Hall–Kier alpha value is -2.93. The highest BCUT2D eigenvalue weighted by atomic mass is 16.3. The summed E-state index contributed by atoms with van der Waals surface area (Å²) in [6, 6.07) is 1.54. The number of rotatable bonds is 2. The average molecular weight is 424 g/mol. The van der Waals surface area contributed by atoms with Crippen LogP contribution in [-0.2, 0) is 20.8 Å². The minimum absolute atomic E-state index is 0.0800. The lowest BCUT2D eigenvalue weighted by atomic mass is 9.54. The summed E-state index contributed by atoms with van der Waals surface area (Å²) in [6.45, 7) is 5.79. The van der Waals surface area contributed by atoms with Gasteiger partial charge in [0.25, 0.3) is 0 Å². The van der Waals surface area contributed by atoms with Crippen LogP contribution in [0.2, 0.25) is 0 Å². The van der Waals surface area contributed by atoms with Crippen LogP contribution >= 0.6 is 0 Å². The van der Waals surface area contributed by atoms with Crippen molar-refractivity contribution in [2.45, 2.75) is 52.6 Å². The van der Waals surface area contributed by atoms with E-state index in [1.807, 2.05) is 0 Å². The first-order valence-corrected chi connectivity index (χ1v) is 10.3. The number of fused-ring (bicyclic) bond motifs is 3. The minimum atomic E-state index is -2.43. The number of benzene rings is 1. The smallest absolute Gasteiger partial charge is 0.205 e. The summed E-state index contributed by atoms with van der Waals surface area (Å²) in [5.74, 6) is -6.15. The number of carbonyl (C=O) groups excluding carboxylic acids is 5. The van der Waals surface area contributed by atoms with Gasteiger partial charge < -0.3 is 10.2 Å². The third kappa shape index (κ3) is 2.72. The second kappa shape index (κ2) is 6.79. The maximum atomic E-state index is 13.5. The van der Waals surface area contributed by atoms with E-state index in [1.165, 1.54) is 13.8 Å². The van der Waals surface area contributed by atoms with Crippen LogP contribution < -0.4 is 0 Å². The SMILES string of the molecule is CC(=O)C1=C(C)C[C@@H]2C[C@@H]3Cc4c(C(C)=O)cc(C)c(O)c4C(=O)C3C(=O)[C@]2(O)C1=O. The molecule has 7 heteroatoms. The molecule has 1 unspecified atom stereocenters. The van der Waals surface area contributed by atoms with E-state index >= 15 is 0 Å². The lowest BCUT2D eigenvalue weighted by molar-refractivity contribution is -0.165. The molecule has 1 saturated carbocycles. The molecule has 1 aromatic carbocycles. The molecule has 0 radical (unpaired) electrons. The predicted molar refractivity (Wildman–Crippen MR) is 109 cm³/mol. The van der Waals surface area contributed by atoms with Crippen molar-refractivity contribution >= 4 is 28.9 Å². The Bertz CT molecular complexity index is 1140. The first kappa shape index (κ1) is 21.3. The van der Waals surface area contributed by atoms with Crippen molar-refractivity contribution in [3.63, 3.8) is 0 Å². The Labute approximate surface area is 179 Å². The van der Waals surface area contributed by atoms with Crippen molar-refractivity contribution in [1.29, 1.82) is 0 Å². The molecule has 0 saturated heterocycles. The third-order valence-corrected chi connectivity index (χ3v) is 7.18. The van der Waals surface area contributed by atoms with E-state index in [0.29, 0.717) is 22.3 Å². The van der Waals surface area contributed by atoms with Gasteiger partial charge in [0.1, 0.15) is 5.75 Å². The van der Waals surface area contributed by atoms with Gasteiger partial charge in [-0.05, 0) is 70.1 Å². The number of hydrogen-bond donors (Lipinski definition) is 2. The van der Waals surface area contributed by atoms with E-state index in [1.54, 1.807) is 19.9 Å². The third-order valence-electron chi connectivity index (χ3n) is 7.18. The van der Waals surface area contributed by atoms with Crippen LogP contribution in [0.5, 0.6) is 5.75 Å². The highest BCUT2D eigenvalue weighted by molar-refractivity contribution is 6.32. The highest BCUT2D eigenvalue weighted by Gasteiger charge is 2.63. The summed E-state index contributed by atoms with van der Waals surface area (Å²) in [6.07, 6.45) is 0.632. The molecule has 0 heterocycles. The van der Waals surface area contributed by atoms with Crippen LogP contribution in [0.3, 0.4) is 0 Å². The highest BCUT2D eigenvalue weighted by Crippen LogP contribution is 2.51. The van der Waals surface area contributed by atoms with Crippen LogP contribution in [0.1, 0.15) is 65.5 Å². The Morgan fingerprint density at radius 1 is 1.06 bits per heavy atom. The molecular formula is C24H24O7. The van der Waals surface area contributed by atoms with Crippen molar-refractivity contribution in [3.8, 4) is 5.75 Å². The zero-order chi connectivity index (χ0) is 23.0. The van der Waals surface area contributed by atoms with Gasteiger partial charge in [-0.25, -0.2) is 0 Å². The van der Waals surface area contributed by atoms with E-state index in [9.17, 15) is 34.2 Å². The minimum Gasteiger partial charge on any atom is -0.507 e. The standard InChI is InChI=1S/C24H24O7/c1-9-5-14-7-13-8-16-15(11(3)25)6-10(2)20(27)19(16)21(28)18(13)23(30)24(14,31)22(29)17(9)12(4)26/h6,13-14,18,27,31H,5,7-8H2,1-4H3/t13-,14-,18?,24-/m1/s1. The molecule has 4 atom stereocenters. The summed E-state index contributed by atoms with van der Waals surface area (Å²) >= 11 is 0. The molecule has 7 nitrogen and oxygen atoms in total. The molecular weight excluding hydrogens is 400 g/mol. The summed E-state index contributed by atoms with van der Waals surface area (Å²) in [5.41, 5.74) is -1.08. The molecule has 0 aromatic heterocycles. The molecule has 1 fully saturated rings. The number of carbonyl (C=O) groups is 5. The zero-order valence-electron chi connectivity index (χ0n) is 17.9. The van der Waals surface area contributed by atoms with Crippen molar-refractivity contribution in [1.82, 2.24) is 0 Å². The van der Waals surface area contributed by atoms with E-state index in [4.69, 9.17) is 0 Å². The molecule has 0 amide bonds. The van der Waals surface area contributed by atoms with E-state index in [0.717, 1.165) is 0 Å². The summed E-state index contributed by atoms with van der Waals surface area (Å²) in [5, 5.41) is 21.9. The van der Waals surface area contributed by atoms with Gasteiger partial charge >= 0.3 is 0 Å². The number of allylic oxidation sites excluding steroid dienone is 1. The summed E-state index contributed by atoms with van der Waals surface area (Å²) < 4.78 is 0. The van der Waals surface area contributed by atoms with Gasteiger partial charge in [0, 0.05) is 11.5 Å². The van der Waals surface area contributed by atoms with Crippen LogP contribution in [0.25, 0.3) is 0 Å². The summed E-state index contributed by atoms with van der Waals surface area (Å²) in [7, 11) is 0. The summed E-state index contributed by atoms with van der Waals surface area (Å²) in [4.78, 5) is 64.2. The Morgan fingerprint density at radius 2 is 1.71 bits per heavy atom. The normalized spacial score (nSPS) is 30.0. The van der Waals surface area contributed by atoms with E-state index in [-0.39, 0.29) is 41.9 Å². The Kier molecular flexibility index (Phi) is 4.66. The Morgan fingerprint density at radius 3 is 2.29 bits per heavy atom. The molecule has 3 aliphatic rings. The van der Waals surface area contributed by atoms with Crippen molar-refractivity contribution in [2.24, 2.45) is 17.8 Å². The van der Waals surface area contributed by atoms with Gasteiger partial charge in [0.05, 0.1) is 17.1 Å². The zero-order valence-corrected chi connectivity index (χ0v) is 17.9. The number of aromatic hydroxyl groups is 1. The van der Waals surface area contributed by atoms with Crippen LogP contribution in [0.15, 0.2) is 17.2 Å². The van der Waals surface area contributed by atoms with Gasteiger partial charge in [-0.1, -0.05) is 5.57 Å². The lowest BCUT2D eigenvalue weighted by Crippen LogP contribution is -2.64. The van der Waals surface area contributed by atoms with Crippen LogP contribution in [0.4, 0.5) is 0 Å². The molecule has 0 aliphatic heterocycles. The number of phenolic OH excluding ortho intramolecular Hbond substituents is 1. The Balaban J connectivity index is 1.87. The number of Topliss-reactive ketones (excluding diaryl/α,β-unsaturated/α-hetero) is 5. The lowest BCUT2D eigenvalue weighted by Gasteiger charge is -2.48. The fraction of sp³-hybridized carbons (Fsp3) is 0.458. The van der Waals surface area contributed by atoms with Gasteiger partial charge in [-0.15, -0.1) is 0 Å². The topological polar surface area (TPSA) is 126 Å². The van der Waals surface area contributed by atoms with Gasteiger partial charge in [0.2, 0.25) is 5.78 Å². The second-order valence-corrected chi connectivity index (χ2v) is 9.11. The second-order valence-electron chi connectivity index (χ2n) is 9.11. The monoisotopic (exact) mass is 424 g/mol. The van der Waals surface area contributed by atoms with E-state index < -0.39 is 46.5 Å². The number of ketones is 5. The number of phenols is 1. The average Bonchev–Trinajstić information content (AvgIpc) is 2.66. The largest absolute Gasteiger partial charge is 0.507 e. The predicted octanol–water partition coefficient (Wildman–Crippen LogP) is 2.07. The van der Waals surface area contributed by atoms with E-state index in [2.05, 4.69) is 0 Å². The van der Waals surface area contributed by atoms with Crippen LogP contribution in [0, 0.1) is 24.7 Å². The molecule has 0 bridgehead atoms. The molecule has 2 N–H and O–H groups in total. The van der Waals surface area contributed by atoms with Gasteiger partial charge in [-0.3, -0.25) is 24.0 Å². The van der Waals surface area contributed by atoms with Crippen molar-refractivity contribution < 1.29 is 34.2 Å². The molecule has 31 heavy (non-hydrogen) atoms. The van der Waals surface area contributed by atoms with Gasteiger partial charge in [0.15, 0.2) is 28.7 Å². The van der Waals surface area contributed by atoms with Crippen molar-refractivity contribution in [3.05, 3.63) is 39.5 Å². The number of hydrogen-bond acceptors (Lipinski definition) is 7. The maximum absolute atomic E-state index is 13.5. The van der Waals surface area contributed by atoms with Crippen molar-refractivity contribution in [2.75, 3.05) is 0 Å². The molecule has 162 valence electrons. The first-order valence-electron chi connectivity index (χ1n) is 10.3. The molecule has 0 spiro atoms.